The van der Waals surface area contributed by atoms with Crippen LogP contribution in [0.2, 0.25) is 0 Å². The average molecular weight is 304 g/mol. The van der Waals surface area contributed by atoms with Gasteiger partial charge in [-0.1, -0.05) is 6.07 Å². The van der Waals surface area contributed by atoms with Crippen molar-refractivity contribution < 1.29 is 4.39 Å². The number of benzene rings is 1. The molecule has 0 aliphatic heterocycles. The molecule has 3 nitrogen and oxygen atoms in total. The fraction of sp³-hybridized carbons (Fsp3) is 0.250. The molecule has 0 radical (unpaired) electrons. The standard InChI is InChI=1S/C16H15ClFN3/c1-10-7-15-14(8-12(10)18)20-16(9-17)21(15)11(2)13-5-3-4-6-19-13/h3-8,11H,9H2,1-2H3. The van der Waals surface area contributed by atoms with Crippen LogP contribution in [0.4, 0.5) is 4.39 Å². The monoisotopic (exact) mass is 303 g/mol. The summed E-state index contributed by atoms with van der Waals surface area (Å²) in [7, 11) is 0. The minimum Gasteiger partial charge on any atom is -0.318 e. The van der Waals surface area contributed by atoms with Crippen LogP contribution in [0.5, 0.6) is 0 Å². The highest BCUT2D eigenvalue weighted by Gasteiger charge is 2.18. The lowest BCUT2D eigenvalue weighted by atomic mass is 10.1. The lowest BCUT2D eigenvalue weighted by Gasteiger charge is -2.16. The SMILES string of the molecule is Cc1cc2c(cc1F)nc(CCl)n2C(C)c1ccccn1. The lowest BCUT2D eigenvalue weighted by molar-refractivity contribution is 0.612. The van der Waals surface area contributed by atoms with E-state index in [1.807, 2.05) is 35.8 Å². The van der Waals surface area contributed by atoms with E-state index in [9.17, 15) is 4.39 Å². The summed E-state index contributed by atoms with van der Waals surface area (Å²) in [4.78, 5) is 8.83. The molecule has 1 aromatic carbocycles. The van der Waals surface area contributed by atoms with Crippen LogP contribution in [-0.4, -0.2) is 14.5 Å². The van der Waals surface area contributed by atoms with Crippen LogP contribution < -0.4 is 0 Å². The van der Waals surface area contributed by atoms with Crippen LogP contribution in [0.3, 0.4) is 0 Å². The zero-order valence-corrected chi connectivity index (χ0v) is 12.6. The zero-order chi connectivity index (χ0) is 15.0. The van der Waals surface area contributed by atoms with Crippen LogP contribution in [0.1, 0.15) is 30.0 Å². The van der Waals surface area contributed by atoms with Crippen molar-refractivity contribution in [1.82, 2.24) is 14.5 Å². The molecule has 2 heterocycles. The minimum absolute atomic E-state index is 0.0187. The first-order valence-corrected chi connectivity index (χ1v) is 7.29. The first-order valence-electron chi connectivity index (χ1n) is 6.75. The number of pyridine rings is 1. The third kappa shape index (κ3) is 2.40. The van der Waals surface area contributed by atoms with Crippen molar-refractivity contribution in [2.24, 2.45) is 0 Å². The molecule has 3 rings (SSSR count). The Labute approximate surface area is 127 Å². The molecule has 0 saturated carbocycles. The fourth-order valence-electron chi connectivity index (χ4n) is 2.55. The number of imidazole rings is 1. The van der Waals surface area contributed by atoms with Crippen molar-refractivity contribution in [2.45, 2.75) is 25.8 Å². The van der Waals surface area contributed by atoms with Crippen molar-refractivity contribution >= 4 is 22.6 Å². The van der Waals surface area contributed by atoms with Gasteiger partial charge in [0.2, 0.25) is 0 Å². The zero-order valence-electron chi connectivity index (χ0n) is 11.8. The van der Waals surface area contributed by atoms with Gasteiger partial charge < -0.3 is 4.57 Å². The lowest BCUT2D eigenvalue weighted by Crippen LogP contribution is -2.11. The van der Waals surface area contributed by atoms with Crippen molar-refractivity contribution in [3.63, 3.8) is 0 Å². The quantitative estimate of drug-likeness (QED) is 0.678. The first-order chi connectivity index (χ1) is 10.1. The highest BCUT2D eigenvalue weighted by molar-refractivity contribution is 6.16. The summed E-state index contributed by atoms with van der Waals surface area (Å²) in [5, 5.41) is 0. The summed E-state index contributed by atoms with van der Waals surface area (Å²) in [6.45, 7) is 3.79. The third-order valence-corrected chi connectivity index (χ3v) is 3.90. The van der Waals surface area contributed by atoms with Crippen LogP contribution in [0.15, 0.2) is 36.5 Å². The van der Waals surface area contributed by atoms with Crippen LogP contribution in [0, 0.1) is 12.7 Å². The largest absolute Gasteiger partial charge is 0.318 e. The average Bonchev–Trinajstić information content (AvgIpc) is 2.85. The number of fused-ring (bicyclic) bond motifs is 1. The van der Waals surface area contributed by atoms with Crippen molar-refractivity contribution in [1.29, 1.82) is 0 Å². The van der Waals surface area contributed by atoms with Gasteiger partial charge in [0, 0.05) is 12.3 Å². The number of aromatic nitrogens is 3. The number of hydrogen-bond acceptors (Lipinski definition) is 2. The molecule has 1 atom stereocenters. The Kier molecular flexibility index (Phi) is 3.64. The topological polar surface area (TPSA) is 30.7 Å². The first kappa shape index (κ1) is 14.0. The van der Waals surface area contributed by atoms with Gasteiger partial charge in [0.15, 0.2) is 0 Å². The van der Waals surface area contributed by atoms with Gasteiger partial charge in [-0.2, -0.15) is 0 Å². The summed E-state index contributed by atoms with van der Waals surface area (Å²) < 4.78 is 15.7. The molecule has 1 unspecified atom stereocenters. The summed E-state index contributed by atoms with van der Waals surface area (Å²) in [6.07, 6.45) is 1.76. The van der Waals surface area contributed by atoms with E-state index in [1.54, 1.807) is 13.1 Å². The summed E-state index contributed by atoms with van der Waals surface area (Å²) in [6, 6.07) is 9.04. The Bertz CT molecular complexity index is 783. The van der Waals surface area contributed by atoms with E-state index in [1.165, 1.54) is 6.07 Å². The number of nitrogens with zero attached hydrogens (tertiary/aromatic N) is 3. The molecular weight excluding hydrogens is 289 g/mol. The molecule has 2 aromatic heterocycles. The molecule has 0 aliphatic carbocycles. The van der Waals surface area contributed by atoms with Gasteiger partial charge in [-0.05, 0) is 37.6 Å². The summed E-state index contributed by atoms with van der Waals surface area (Å²) >= 11 is 6.02. The molecule has 5 heteroatoms. The van der Waals surface area contributed by atoms with E-state index in [0.717, 1.165) is 17.0 Å². The van der Waals surface area contributed by atoms with Gasteiger partial charge in [-0.25, -0.2) is 9.37 Å². The second kappa shape index (κ2) is 5.45. The van der Waals surface area contributed by atoms with Gasteiger partial charge in [0.1, 0.15) is 11.6 Å². The van der Waals surface area contributed by atoms with Crippen molar-refractivity contribution in [3.05, 3.63) is 59.4 Å². The Morgan fingerprint density at radius 1 is 1.33 bits per heavy atom. The van der Waals surface area contributed by atoms with Gasteiger partial charge in [0.25, 0.3) is 0 Å². The number of halogens is 2. The third-order valence-electron chi connectivity index (χ3n) is 3.67. The molecule has 108 valence electrons. The van der Waals surface area contributed by atoms with E-state index >= 15 is 0 Å². The van der Waals surface area contributed by atoms with Gasteiger partial charge in [0.05, 0.1) is 28.6 Å². The molecule has 3 aromatic rings. The Morgan fingerprint density at radius 2 is 2.14 bits per heavy atom. The molecule has 0 saturated heterocycles. The van der Waals surface area contributed by atoms with E-state index in [4.69, 9.17) is 11.6 Å². The molecule has 21 heavy (non-hydrogen) atoms. The van der Waals surface area contributed by atoms with Gasteiger partial charge >= 0.3 is 0 Å². The predicted molar refractivity (Wildman–Crippen MR) is 82.0 cm³/mol. The van der Waals surface area contributed by atoms with Crippen LogP contribution in [0.25, 0.3) is 11.0 Å². The maximum absolute atomic E-state index is 13.7. The second-order valence-corrected chi connectivity index (χ2v) is 5.32. The highest BCUT2D eigenvalue weighted by atomic mass is 35.5. The summed E-state index contributed by atoms with van der Waals surface area (Å²) in [5.41, 5.74) is 3.02. The number of alkyl halides is 1. The molecule has 0 bridgehead atoms. The number of rotatable bonds is 3. The Morgan fingerprint density at radius 3 is 2.81 bits per heavy atom. The second-order valence-electron chi connectivity index (χ2n) is 5.05. The van der Waals surface area contributed by atoms with E-state index < -0.39 is 0 Å². The number of aryl methyl sites for hydroxylation is 1. The van der Waals surface area contributed by atoms with E-state index in [2.05, 4.69) is 9.97 Å². The highest BCUT2D eigenvalue weighted by Crippen LogP contribution is 2.27. The van der Waals surface area contributed by atoms with Gasteiger partial charge in [-0.15, -0.1) is 11.6 Å². The minimum atomic E-state index is -0.251. The smallest absolute Gasteiger partial charge is 0.128 e. The molecule has 0 aliphatic rings. The maximum Gasteiger partial charge on any atom is 0.128 e. The molecule has 0 spiro atoms. The Balaban J connectivity index is 2.23. The van der Waals surface area contributed by atoms with Crippen LogP contribution in [-0.2, 0) is 5.88 Å². The van der Waals surface area contributed by atoms with Crippen molar-refractivity contribution in [3.8, 4) is 0 Å². The molecule has 0 N–H and O–H groups in total. The maximum atomic E-state index is 13.7. The van der Waals surface area contributed by atoms with E-state index in [0.29, 0.717) is 11.1 Å². The van der Waals surface area contributed by atoms with Crippen LogP contribution >= 0.6 is 11.6 Å². The van der Waals surface area contributed by atoms with E-state index in [-0.39, 0.29) is 17.7 Å². The Hall–Kier alpha value is -1.94. The number of hydrogen-bond donors (Lipinski definition) is 0. The predicted octanol–water partition coefficient (Wildman–Crippen LogP) is 4.23. The van der Waals surface area contributed by atoms with Gasteiger partial charge in [-0.3, -0.25) is 4.98 Å². The fourth-order valence-corrected chi connectivity index (χ4v) is 2.74. The molecule has 0 amide bonds. The normalized spacial score (nSPS) is 12.8. The molecule has 0 fully saturated rings. The molecular formula is C16H15ClFN3. The van der Waals surface area contributed by atoms with Crippen molar-refractivity contribution in [2.75, 3.05) is 0 Å². The summed E-state index contributed by atoms with van der Waals surface area (Å²) in [5.74, 6) is 0.737.